The van der Waals surface area contributed by atoms with Crippen LogP contribution in [-0.4, -0.2) is 27.7 Å². The molecule has 1 aromatic carbocycles. The molecule has 1 aromatic heterocycles. The van der Waals surface area contributed by atoms with Crippen LogP contribution in [0.5, 0.6) is 0 Å². The van der Waals surface area contributed by atoms with Crippen LogP contribution in [0.4, 0.5) is 5.69 Å². The molecule has 0 spiro atoms. The summed E-state index contributed by atoms with van der Waals surface area (Å²) in [5, 5.41) is 12.4. The van der Waals surface area contributed by atoms with Gasteiger partial charge in [-0.15, -0.1) is 0 Å². The van der Waals surface area contributed by atoms with Gasteiger partial charge in [-0.3, -0.25) is 9.59 Å². The van der Waals surface area contributed by atoms with Crippen molar-refractivity contribution in [2.45, 2.75) is 38.3 Å². The van der Waals surface area contributed by atoms with Gasteiger partial charge in [0.2, 0.25) is 5.43 Å². The topological polar surface area (TPSA) is 97.3 Å². The standard InChI is InChI=1S/C17H21N3O3/c1-17(2,9-21)19-16(23)11-8-20(10-6-7-10)13-5-3-4-12(18)14(13)15(11)22/h3-5,8,10,21H,6-7,9,18H2,1-2H3,(H,19,23). The zero-order valence-electron chi connectivity index (χ0n) is 13.3. The number of rotatable bonds is 4. The second-order valence-electron chi connectivity index (χ2n) is 6.75. The number of hydrogen-bond donors (Lipinski definition) is 3. The molecule has 0 radical (unpaired) electrons. The fourth-order valence-corrected chi connectivity index (χ4v) is 2.65. The molecule has 1 aliphatic rings. The van der Waals surface area contributed by atoms with Crippen molar-refractivity contribution in [1.29, 1.82) is 0 Å². The molecule has 1 amide bonds. The molecule has 23 heavy (non-hydrogen) atoms. The van der Waals surface area contributed by atoms with Gasteiger partial charge in [-0.05, 0) is 38.8 Å². The molecule has 1 aliphatic carbocycles. The van der Waals surface area contributed by atoms with E-state index in [9.17, 15) is 14.7 Å². The Morgan fingerprint density at radius 2 is 2.13 bits per heavy atom. The number of nitrogen functional groups attached to an aromatic ring is 1. The summed E-state index contributed by atoms with van der Waals surface area (Å²) in [5.41, 5.74) is 6.00. The van der Waals surface area contributed by atoms with E-state index in [0.29, 0.717) is 17.1 Å². The summed E-state index contributed by atoms with van der Waals surface area (Å²) in [6, 6.07) is 5.63. The summed E-state index contributed by atoms with van der Waals surface area (Å²) in [4.78, 5) is 25.3. The number of fused-ring (bicyclic) bond motifs is 1. The van der Waals surface area contributed by atoms with E-state index in [1.165, 1.54) is 0 Å². The van der Waals surface area contributed by atoms with Crippen molar-refractivity contribution < 1.29 is 9.90 Å². The number of nitrogens with zero attached hydrogens (tertiary/aromatic N) is 1. The van der Waals surface area contributed by atoms with Gasteiger partial charge in [0.05, 0.1) is 23.0 Å². The average molecular weight is 315 g/mol. The Labute approximate surface area is 133 Å². The van der Waals surface area contributed by atoms with E-state index in [2.05, 4.69) is 5.32 Å². The van der Waals surface area contributed by atoms with E-state index in [1.807, 2.05) is 16.7 Å². The summed E-state index contributed by atoms with van der Waals surface area (Å²) >= 11 is 0. The number of nitrogens with two attached hydrogens (primary N) is 1. The van der Waals surface area contributed by atoms with E-state index < -0.39 is 11.4 Å². The van der Waals surface area contributed by atoms with Gasteiger partial charge in [-0.2, -0.15) is 0 Å². The molecule has 122 valence electrons. The first-order chi connectivity index (χ1) is 10.8. The van der Waals surface area contributed by atoms with Gasteiger partial charge in [0.25, 0.3) is 5.91 Å². The molecular weight excluding hydrogens is 294 g/mol. The third kappa shape index (κ3) is 2.82. The third-order valence-electron chi connectivity index (χ3n) is 4.12. The lowest BCUT2D eigenvalue weighted by molar-refractivity contribution is 0.0867. The first-order valence-electron chi connectivity index (χ1n) is 7.71. The van der Waals surface area contributed by atoms with Crippen molar-refractivity contribution in [1.82, 2.24) is 9.88 Å². The highest BCUT2D eigenvalue weighted by atomic mass is 16.3. The summed E-state index contributed by atoms with van der Waals surface area (Å²) in [6.45, 7) is 3.17. The number of carbonyl (C=O) groups is 1. The molecule has 4 N–H and O–H groups in total. The molecule has 3 rings (SSSR count). The van der Waals surface area contributed by atoms with Gasteiger partial charge in [0.1, 0.15) is 5.56 Å². The summed E-state index contributed by atoms with van der Waals surface area (Å²) in [6.07, 6.45) is 3.66. The molecule has 2 aromatic rings. The summed E-state index contributed by atoms with van der Waals surface area (Å²) < 4.78 is 1.97. The predicted octanol–water partition coefficient (Wildman–Crippen LogP) is 1.42. The van der Waals surface area contributed by atoms with E-state index in [-0.39, 0.29) is 17.6 Å². The highest BCUT2D eigenvalue weighted by molar-refractivity contribution is 6.00. The van der Waals surface area contributed by atoms with Gasteiger partial charge in [-0.25, -0.2) is 0 Å². The predicted molar refractivity (Wildman–Crippen MR) is 89.5 cm³/mol. The normalized spacial score (nSPS) is 14.9. The fraction of sp³-hybridized carbons (Fsp3) is 0.412. The van der Waals surface area contributed by atoms with Gasteiger partial charge in [0, 0.05) is 17.9 Å². The van der Waals surface area contributed by atoms with Crippen molar-refractivity contribution >= 4 is 22.5 Å². The largest absolute Gasteiger partial charge is 0.398 e. The Kier molecular flexibility index (Phi) is 3.64. The Morgan fingerprint density at radius 1 is 1.43 bits per heavy atom. The number of amides is 1. The van der Waals surface area contributed by atoms with Crippen LogP contribution in [0.25, 0.3) is 10.9 Å². The molecule has 1 saturated carbocycles. The molecule has 1 fully saturated rings. The summed E-state index contributed by atoms with van der Waals surface area (Å²) in [5.74, 6) is -0.492. The van der Waals surface area contributed by atoms with Gasteiger partial charge in [0.15, 0.2) is 0 Å². The van der Waals surface area contributed by atoms with Crippen LogP contribution in [-0.2, 0) is 0 Å². The van der Waals surface area contributed by atoms with E-state index in [1.54, 1.807) is 26.1 Å². The molecule has 0 aliphatic heterocycles. The highest BCUT2D eigenvalue weighted by Gasteiger charge is 2.28. The Bertz CT molecular complexity index is 835. The number of hydrogen-bond acceptors (Lipinski definition) is 4. The first kappa shape index (κ1) is 15.6. The second kappa shape index (κ2) is 5.38. The number of anilines is 1. The Hall–Kier alpha value is -2.34. The third-order valence-corrected chi connectivity index (χ3v) is 4.12. The molecule has 0 saturated heterocycles. The van der Waals surface area contributed by atoms with Crippen molar-refractivity contribution in [3.05, 3.63) is 40.2 Å². The first-order valence-corrected chi connectivity index (χ1v) is 7.71. The van der Waals surface area contributed by atoms with Crippen LogP contribution in [0.2, 0.25) is 0 Å². The Balaban J connectivity index is 2.18. The molecule has 6 nitrogen and oxygen atoms in total. The van der Waals surface area contributed by atoms with Crippen molar-refractivity contribution in [2.75, 3.05) is 12.3 Å². The van der Waals surface area contributed by atoms with Crippen LogP contribution >= 0.6 is 0 Å². The van der Waals surface area contributed by atoms with Gasteiger partial charge >= 0.3 is 0 Å². The lowest BCUT2D eigenvalue weighted by Gasteiger charge is -2.23. The zero-order chi connectivity index (χ0) is 16.8. The van der Waals surface area contributed by atoms with Crippen molar-refractivity contribution in [3.63, 3.8) is 0 Å². The molecular formula is C17H21N3O3. The maximum Gasteiger partial charge on any atom is 0.257 e. The smallest absolute Gasteiger partial charge is 0.257 e. The SMILES string of the molecule is CC(C)(CO)NC(=O)c1cn(C2CC2)c2cccc(N)c2c1=O. The quantitative estimate of drug-likeness (QED) is 0.743. The number of aliphatic hydroxyl groups is 1. The van der Waals surface area contributed by atoms with E-state index in [0.717, 1.165) is 18.4 Å². The van der Waals surface area contributed by atoms with Crippen LogP contribution in [0.1, 0.15) is 43.1 Å². The lowest BCUT2D eigenvalue weighted by atomic mass is 10.0. The zero-order valence-corrected chi connectivity index (χ0v) is 13.3. The lowest BCUT2D eigenvalue weighted by Crippen LogP contribution is -2.47. The second-order valence-corrected chi connectivity index (χ2v) is 6.75. The molecule has 1 heterocycles. The number of nitrogens with one attached hydrogen (secondary N) is 1. The Morgan fingerprint density at radius 3 is 2.74 bits per heavy atom. The minimum Gasteiger partial charge on any atom is -0.398 e. The highest BCUT2D eigenvalue weighted by Crippen LogP contribution is 2.37. The number of carbonyl (C=O) groups excluding carboxylic acids is 1. The van der Waals surface area contributed by atoms with Crippen LogP contribution in [0.3, 0.4) is 0 Å². The molecule has 0 atom stereocenters. The number of aliphatic hydroxyl groups excluding tert-OH is 1. The van der Waals surface area contributed by atoms with Crippen LogP contribution in [0.15, 0.2) is 29.2 Å². The molecule has 0 unspecified atom stereocenters. The van der Waals surface area contributed by atoms with Gasteiger partial charge < -0.3 is 20.7 Å². The van der Waals surface area contributed by atoms with E-state index in [4.69, 9.17) is 5.73 Å². The number of benzene rings is 1. The number of aromatic nitrogens is 1. The minimum atomic E-state index is -0.800. The van der Waals surface area contributed by atoms with Crippen LogP contribution < -0.4 is 16.5 Å². The van der Waals surface area contributed by atoms with E-state index >= 15 is 0 Å². The van der Waals surface area contributed by atoms with Crippen LogP contribution in [0, 0.1) is 0 Å². The van der Waals surface area contributed by atoms with Crippen molar-refractivity contribution in [3.8, 4) is 0 Å². The minimum absolute atomic E-state index is 0.0591. The maximum atomic E-state index is 12.7. The average Bonchev–Trinajstić information content (AvgIpc) is 3.31. The van der Waals surface area contributed by atoms with Crippen molar-refractivity contribution in [2.24, 2.45) is 0 Å². The fourth-order valence-electron chi connectivity index (χ4n) is 2.65. The molecule has 6 heteroatoms. The van der Waals surface area contributed by atoms with Gasteiger partial charge in [-0.1, -0.05) is 6.07 Å². The molecule has 0 bridgehead atoms. The monoisotopic (exact) mass is 315 g/mol. The summed E-state index contributed by atoms with van der Waals surface area (Å²) in [7, 11) is 0. The number of pyridine rings is 1. The maximum absolute atomic E-state index is 12.7.